The number of aromatic carboxylic acids is 1. The molecule has 0 aromatic carbocycles. The van der Waals surface area contributed by atoms with E-state index in [-0.39, 0.29) is 5.56 Å². The summed E-state index contributed by atoms with van der Waals surface area (Å²) in [7, 11) is 0. The Kier molecular flexibility index (Phi) is 4.21. The summed E-state index contributed by atoms with van der Waals surface area (Å²) < 4.78 is 0.696. The minimum absolute atomic E-state index is 0.145. The molecule has 2 aromatic heterocycles. The van der Waals surface area contributed by atoms with Crippen molar-refractivity contribution in [2.24, 2.45) is 0 Å². The highest BCUT2D eigenvalue weighted by molar-refractivity contribution is 9.10. The molecular weight excluding hydrogens is 340 g/mol. The molecule has 2 heterocycles. The lowest BCUT2D eigenvalue weighted by molar-refractivity contribution is 0.0692. The van der Waals surface area contributed by atoms with E-state index in [2.05, 4.69) is 25.9 Å². The number of pyridine rings is 2. The lowest BCUT2D eigenvalue weighted by Gasteiger charge is -2.05. The number of carbonyl (C=O) groups is 1. The maximum absolute atomic E-state index is 11.0. The number of carboxylic acid groups (broad SMARTS) is 1. The van der Waals surface area contributed by atoms with E-state index in [1.807, 2.05) is 0 Å². The van der Waals surface area contributed by atoms with Gasteiger partial charge in [-0.2, -0.15) is 0 Å². The zero-order chi connectivity index (χ0) is 13.1. The number of hydrogen-bond donors (Lipinski definition) is 1. The average molecular weight is 346 g/mol. The van der Waals surface area contributed by atoms with Crippen molar-refractivity contribution in [1.29, 1.82) is 0 Å². The fraction of sp³-hybridized carbons (Fsp3) is 0. The number of rotatable bonds is 3. The van der Waals surface area contributed by atoms with Gasteiger partial charge in [-0.05, 0) is 45.9 Å². The second-order valence-electron chi connectivity index (χ2n) is 3.20. The van der Waals surface area contributed by atoms with Crippen LogP contribution in [0.5, 0.6) is 0 Å². The summed E-state index contributed by atoms with van der Waals surface area (Å²) >= 11 is 10.3. The van der Waals surface area contributed by atoms with Crippen LogP contribution in [-0.4, -0.2) is 21.0 Å². The molecule has 4 nitrogen and oxygen atoms in total. The van der Waals surface area contributed by atoms with Gasteiger partial charge < -0.3 is 5.11 Å². The van der Waals surface area contributed by atoms with Crippen LogP contribution >= 0.6 is 39.3 Å². The lowest BCUT2D eigenvalue weighted by Crippen LogP contribution is -2.00. The van der Waals surface area contributed by atoms with Crippen LogP contribution < -0.4 is 0 Å². The highest BCUT2D eigenvalue weighted by atomic mass is 79.9. The Bertz CT molecular complexity index is 609. The average Bonchev–Trinajstić information content (AvgIpc) is 2.33. The molecule has 0 saturated heterocycles. The van der Waals surface area contributed by atoms with Gasteiger partial charge in [-0.25, -0.2) is 14.8 Å². The molecular formula is C11H6BrClN2O2S. The number of hydrogen-bond acceptors (Lipinski definition) is 4. The maximum atomic E-state index is 11.0. The fourth-order valence-corrected chi connectivity index (χ4v) is 2.91. The summed E-state index contributed by atoms with van der Waals surface area (Å²) in [6.45, 7) is 0. The molecule has 0 aliphatic carbocycles. The molecule has 2 rings (SSSR count). The van der Waals surface area contributed by atoms with Crippen LogP contribution in [0.2, 0.25) is 5.02 Å². The Hall–Kier alpha value is -1.11. The van der Waals surface area contributed by atoms with E-state index in [0.717, 1.165) is 0 Å². The number of aromatic nitrogens is 2. The molecule has 0 unspecified atom stereocenters. The van der Waals surface area contributed by atoms with E-state index >= 15 is 0 Å². The van der Waals surface area contributed by atoms with Crippen molar-refractivity contribution in [3.05, 3.63) is 45.7 Å². The van der Waals surface area contributed by atoms with Crippen molar-refractivity contribution >= 4 is 45.3 Å². The van der Waals surface area contributed by atoms with Crippen LogP contribution in [0.4, 0.5) is 0 Å². The van der Waals surface area contributed by atoms with Gasteiger partial charge in [0.2, 0.25) is 0 Å². The Morgan fingerprint density at radius 2 is 2.17 bits per heavy atom. The summed E-state index contributed by atoms with van der Waals surface area (Å²) in [4.78, 5) is 19.2. The van der Waals surface area contributed by atoms with Crippen molar-refractivity contribution < 1.29 is 9.90 Å². The normalized spacial score (nSPS) is 10.3. The predicted molar refractivity (Wildman–Crippen MR) is 72.3 cm³/mol. The third kappa shape index (κ3) is 3.01. The summed E-state index contributed by atoms with van der Waals surface area (Å²) in [5.74, 6) is -1.02. The number of carboxylic acids is 1. The zero-order valence-corrected chi connectivity index (χ0v) is 12.0. The molecule has 0 fully saturated rings. The van der Waals surface area contributed by atoms with Gasteiger partial charge in [-0.1, -0.05) is 11.6 Å². The van der Waals surface area contributed by atoms with Gasteiger partial charge in [0.25, 0.3) is 0 Å². The van der Waals surface area contributed by atoms with Crippen LogP contribution in [0, 0.1) is 0 Å². The molecule has 0 aliphatic rings. The van der Waals surface area contributed by atoms with Gasteiger partial charge in [0.15, 0.2) is 0 Å². The largest absolute Gasteiger partial charge is 0.478 e. The van der Waals surface area contributed by atoms with Crippen LogP contribution in [0.3, 0.4) is 0 Å². The van der Waals surface area contributed by atoms with E-state index in [4.69, 9.17) is 16.7 Å². The molecule has 0 spiro atoms. The predicted octanol–water partition coefficient (Wildman–Crippen LogP) is 3.74. The van der Waals surface area contributed by atoms with Crippen molar-refractivity contribution in [1.82, 2.24) is 9.97 Å². The quantitative estimate of drug-likeness (QED) is 0.918. The van der Waals surface area contributed by atoms with Gasteiger partial charge in [0.05, 0.1) is 15.1 Å². The van der Waals surface area contributed by atoms with Crippen molar-refractivity contribution in [3.63, 3.8) is 0 Å². The molecule has 7 heteroatoms. The molecule has 0 bridgehead atoms. The first-order chi connectivity index (χ1) is 8.58. The molecule has 92 valence electrons. The van der Waals surface area contributed by atoms with Crippen LogP contribution in [0.15, 0.2) is 45.1 Å². The van der Waals surface area contributed by atoms with E-state index in [1.54, 1.807) is 18.3 Å². The second kappa shape index (κ2) is 5.69. The SMILES string of the molecule is O=C(O)c1cccnc1Sc1ncc(Cl)cc1Br. The van der Waals surface area contributed by atoms with Crippen molar-refractivity contribution in [2.45, 2.75) is 10.1 Å². The Morgan fingerprint density at radius 3 is 2.83 bits per heavy atom. The third-order valence-corrected chi connectivity index (χ3v) is 4.08. The smallest absolute Gasteiger partial charge is 0.338 e. The van der Waals surface area contributed by atoms with Gasteiger partial charge in [-0.15, -0.1) is 0 Å². The summed E-state index contributed by atoms with van der Waals surface area (Å²) in [5.41, 5.74) is 0.145. The summed E-state index contributed by atoms with van der Waals surface area (Å²) in [6, 6.07) is 4.78. The zero-order valence-electron chi connectivity index (χ0n) is 8.80. The minimum atomic E-state index is -1.02. The van der Waals surface area contributed by atoms with E-state index in [9.17, 15) is 4.79 Å². The van der Waals surface area contributed by atoms with Crippen LogP contribution in [0.25, 0.3) is 0 Å². The Labute approximate surface area is 121 Å². The van der Waals surface area contributed by atoms with E-state index in [1.165, 1.54) is 24.0 Å². The minimum Gasteiger partial charge on any atom is -0.478 e. The van der Waals surface area contributed by atoms with E-state index in [0.29, 0.717) is 19.5 Å². The van der Waals surface area contributed by atoms with Gasteiger partial charge >= 0.3 is 5.97 Å². The standard InChI is InChI=1S/C11H6BrClN2O2S/c12-8-4-6(13)5-15-10(8)18-9-7(11(16)17)2-1-3-14-9/h1-5H,(H,16,17). The second-order valence-corrected chi connectivity index (χ2v) is 5.47. The van der Waals surface area contributed by atoms with Gasteiger partial charge in [0, 0.05) is 12.4 Å². The molecule has 2 aromatic rings. The molecule has 0 amide bonds. The molecule has 0 radical (unpaired) electrons. The maximum Gasteiger partial charge on any atom is 0.338 e. The lowest BCUT2D eigenvalue weighted by atomic mass is 10.3. The van der Waals surface area contributed by atoms with Gasteiger partial charge in [0.1, 0.15) is 10.1 Å². The molecule has 0 atom stereocenters. The number of halogens is 2. The Morgan fingerprint density at radius 1 is 1.39 bits per heavy atom. The molecule has 1 N–H and O–H groups in total. The summed E-state index contributed by atoms with van der Waals surface area (Å²) in [6.07, 6.45) is 3.04. The number of nitrogens with zero attached hydrogens (tertiary/aromatic N) is 2. The highest BCUT2D eigenvalue weighted by Gasteiger charge is 2.14. The van der Waals surface area contributed by atoms with Gasteiger partial charge in [-0.3, -0.25) is 0 Å². The first-order valence-electron chi connectivity index (χ1n) is 4.75. The fourth-order valence-electron chi connectivity index (χ4n) is 1.20. The first-order valence-corrected chi connectivity index (χ1v) is 6.74. The van der Waals surface area contributed by atoms with Crippen molar-refractivity contribution in [3.8, 4) is 0 Å². The van der Waals surface area contributed by atoms with Crippen LogP contribution in [-0.2, 0) is 0 Å². The topological polar surface area (TPSA) is 63.1 Å². The highest BCUT2D eigenvalue weighted by Crippen LogP contribution is 2.33. The van der Waals surface area contributed by atoms with Crippen molar-refractivity contribution in [2.75, 3.05) is 0 Å². The van der Waals surface area contributed by atoms with Crippen LogP contribution in [0.1, 0.15) is 10.4 Å². The first kappa shape index (κ1) is 13.3. The summed E-state index contributed by atoms with van der Waals surface area (Å²) in [5, 5.41) is 10.6. The molecule has 0 saturated carbocycles. The molecule has 18 heavy (non-hydrogen) atoms. The monoisotopic (exact) mass is 344 g/mol. The molecule has 0 aliphatic heterocycles. The third-order valence-electron chi connectivity index (χ3n) is 1.97. The Balaban J connectivity index is 2.37. The van der Waals surface area contributed by atoms with E-state index < -0.39 is 5.97 Å².